The van der Waals surface area contributed by atoms with Gasteiger partial charge in [0, 0.05) is 23.5 Å². The average molecular weight is 284 g/mol. The average Bonchev–Trinajstić information content (AvgIpc) is 2.34. The smallest absolute Gasteiger partial charge is 0.106 e. The van der Waals surface area contributed by atoms with Crippen molar-refractivity contribution >= 4 is 12.0 Å². The van der Waals surface area contributed by atoms with Gasteiger partial charge < -0.3 is 14.4 Å². The summed E-state index contributed by atoms with van der Waals surface area (Å²) in [6.45, 7) is 7.45. The molecule has 0 atom stereocenters. The van der Waals surface area contributed by atoms with Crippen LogP contribution in [0.15, 0.2) is 29.2 Å². The minimum Gasteiger partial charge on any atom is -0.396 e. The number of hydrogen-bond acceptors (Lipinski definition) is 4. The summed E-state index contributed by atoms with van der Waals surface area (Å²) in [5.41, 5.74) is -0.325. The van der Waals surface area contributed by atoms with Crippen LogP contribution in [0.4, 0.5) is 0 Å². The number of aryl methyl sites for hydroxylation is 1. The number of hydrogen-bond donors (Lipinski definition) is 2. The second kappa shape index (κ2) is 6.75. The van der Waals surface area contributed by atoms with E-state index in [0.717, 1.165) is 17.7 Å². The Hall–Kier alpha value is -0.550. The van der Waals surface area contributed by atoms with E-state index in [2.05, 4.69) is 0 Å². The molecule has 0 radical (unpaired) electrons. The molecule has 0 saturated carbocycles. The van der Waals surface area contributed by atoms with Crippen LogP contribution in [0.2, 0.25) is 0 Å². The van der Waals surface area contributed by atoms with Gasteiger partial charge in [-0.2, -0.15) is 0 Å². The van der Waals surface area contributed by atoms with Gasteiger partial charge in [0.1, 0.15) is 5.60 Å². The van der Waals surface area contributed by atoms with E-state index in [4.69, 9.17) is 9.29 Å². The Morgan fingerprint density at radius 3 is 2.16 bits per heavy atom. The molecule has 4 heteroatoms. The number of aliphatic hydroxyl groups is 2. The molecule has 0 aliphatic rings. The first-order valence-corrected chi connectivity index (χ1v) is 7.28. The first kappa shape index (κ1) is 16.5. The second-order valence-corrected chi connectivity index (χ2v) is 6.51. The standard InChI is InChI=1S/C15H24O3S/c1-14(2,17)15(3,4)18-19-13-9-7-12(8-10-13)6-5-11-16/h7-10,16-17H,5-6,11H2,1-4H3. The van der Waals surface area contributed by atoms with Crippen LogP contribution in [0, 0.1) is 0 Å². The normalized spacial score (nSPS) is 12.7. The van der Waals surface area contributed by atoms with Crippen molar-refractivity contribution in [3.8, 4) is 0 Å². The fourth-order valence-electron chi connectivity index (χ4n) is 1.25. The van der Waals surface area contributed by atoms with Gasteiger partial charge in [-0.05, 0) is 58.2 Å². The third-order valence-electron chi connectivity index (χ3n) is 3.37. The van der Waals surface area contributed by atoms with E-state index in [-0.39, 0.29) is 6.61 Å². The van der Waals surface area contributed by atoms with Crippen molar-refractivity contribution in [2.45, 2.75) is 56.6 Å². The summed E-state index contributed by atoms with van der Waals surface area (Å²) in [5.74, 6) is 0. The highest BCUT2D eigenvalue weighted by molar-refractivity contribution is 7.94. The molecular formula is C15H24O3S. The Balaban J connectivity index is 2.55. The Kier molecular flexibility index (Phi) is 5.86. The molecule has 0 aromatic heterocycles. The maximum absolute atomic E-state index is 10.0. The highest BCUT2D eigenvalue weighted by Gasteiger charge is 2.36. The fraction of sp³-hybridized carbons (Fsp3) is 0.600. The summed E-state index contributed by atoms with van der Waals surface area (Å²) in [7, 11) is 0. The lowest BCUT2D eigenvalue weighted by atomic mass is 9.90. The van der Waals surface area contributed by atoms with E-state index in [1.54, 1.807) is 13.8 Å². The highest BCUT2D eigenvalue weighted by atomic mass is 32.2. The SMILES string of the molecule is CC(C)(O)C(C)(C)OSc1ccc(CCCO)cc1. The molecule has 108 valence electrons. The van der Waals surface area contributed by atoms with Gasteiger partial charge >= 0.3 is 0 Å². The summed E-state index contributed by atoms with van der Waals surface area (Å²) < 4.78 is 5.73. The van der Waals surface area contributed by atoms with Gasteiger partial charge in [0.25, 0.3) is 0 Å². The molecule has 1 rings (SSSR count). The van der Waals surface area contributed by atoms with Crippen LogP contribution in [-0.4, -0.2) is 28.0 Å². The van der Waals surface area contributed by atoms with Gasteiger partial charge in [-0.1, -0.05) is 12.1 Å². The van der Waals surface area contributed by atoms with Gasteiger partial charge in [0.05, 0.1) is 5.60 Å². The van der Waals surface area contributed by atoms with Crippen LogP contribution in [0.25, 0.3) is 0 Å². The van der Waals surface area contributed by atoms with E-state index in [0.29, 0.717) is 0 Å². The van der Waals surface area contributed by atoms with Crippen molar-refractivity contribution < 1.29 is 14.4 Å². The predicted octanol–water partition coefficient (Wildman–Crippen LogP) is 3.18. The molecule has 2 N–H and O–H groups in total. The van der Waals surface area contributed by atoms with Crippen molar-refractivity contribution in [3.05, 3.63) is 29.8 Å². The highest BCUT2D eigenvalue weighted by Crippen LogP contribution is 2.32. The van der Waals surface area contributed by atoms with E-state index in [1.807, 2.05) is 38.1 Å². The molecule has 0 bridgehead atoms. The zero-order valence-corrected chi connectivity index (χ0v) is 13.0. The van der Waals surface area contributed by atoms with E-state index < -0.39 is 11.2 Å². The molecular weight excluding hydrogens is 260 g/mol. The summed E-state index contributed by atoms with van der Waals surface area (Å²) in [6, 6.07) is 8.08. The lowest BCUT2D eigenvalue weighted by Crippen LogP contribution is -2.45. The van der Waals surface area contributed by atoms with Crippen LogP contribution in [0.5, 0.6) is 0 Å². The largest absolute Gasteiger partial charge is 0.396 e. The molecule has 1 aromatic rings. The van der Waals surface area contributed by atoms with Crippen molar-refractivity contribution in [1.82, 2.24) is 0 Å². The quantitative estimate of drug-likeness (QED) is 0.755. The molecule has 1 aromatic carbocycles. The van der Waals surface area contributed by atoms with E-state index in [1.165, 1.54) is 17.6 Å². The summed E-state index contributed by atoms with van der Waals surface area (Å²) in [5, 5.41) is 18.8. The lowest BCUT2D eigenvalue weighted by Gasteiger charge is -2.35. The van der Waals surface area contributed by atoms with Gasteiger partial charge in [0.15, 0.2) is 0 Å². The third kappa shape index (κ3) is 5.15. The fourth-order valence-corrected chi connectivity index (χ4v) is 2.00. The Morgan fingerprint density at radius 2 is 1.68 bits per heavy atom. The first-order chi connectivity index (χ1) is 8.76. The Labute approximate surface area is 120 Å². The molecule has 3 nitrogen and oxygen atoms in total. The molecule has 0 aliphatic heterocycles. The Bertz CT molecular complexity index is 379. The Morgan fingerprint density at radius 1 is 1.11 bits per heavy atom. The molecule has 0 fully saturated rings. The van der Waals surface area contributed by atoms with Crippen molar-refractivity contribution in [2.75, 3.05) is 6.61 Å². The number of benzene rings is 1. The monoisotopic (exact) mass is 284 g/mol. The maximum Gasteiger partial charge on any atom is 0.106 e. The molecule has 0 heterocycles. The minimum absolute atomic E-state index is 0.222. The van der Waals surface area contributed by atoms with Gasteiger partial charge in [0.2, 0.25) is 0 Å². The van der Waals surface area contributed by atoms with E-state index >= 15 is 0 Å². The summed E-state index contributed by atoms with van der Waals surface area (Å²) in [4.78, 5) is 1.00. The molecule has 0 spiro atoms. The van der Waals surface area contributed by atoms with Crippen molar-refractivity contribution in [3.63, 3.8) is 0 Å². The second-order valence-electron chi connectivity index (χ2n) is 5.71. The summed E-state index contributed by atoms with van der Waals surface area (Å²) in [6.07, 6.45) is 1.67. The van der Waals surface area contributed by atoms with Crippen LogP contribution in [-0.2, 0) is 10.6 Å². The topological polar surface area (TPSA) is 49.7 Å². The predicted molar refractivity (Wildman–Crippen MR) is 79.2 cm³/mol. The van der Waals surface area contributed by atoms with Crippen LogP contribution in [0.1, 0.15) is 39.7 Å². The molecule has 0 unspecified atom stereocenters. The molecule has 0 amide bonds. The lowest BCUT2D eigenvalue weighted by molar-refractivity contribution is -0.0813. The molecule has 19 heavy (non-hydrogen) atoms. The van der Waals surface area contributed by atoms with Crippen LogP contribution in [0.3, 0.4) is 0 Å². The van der Waals surface area contributed by atoms with Crippen molar-refractivity contribution in [2.24, 2.45) is 0 Å². The summed E-state index contributed by atoms with van der Waals surface area (Å²) >= 11 is 1.28. The van der Waals surface area contributed by atoms with Gasteiger partial charge in [-0.15, -0.1) is 0 Å². The third-order valence-corrected chi connectivity index (χ3v) is 4.33. The number of aliphatic hydroxyl groups excluding tert-OH is 1. The van der Waals surface area contributed by atoms with Crippen LogP contribution < -0.4 is 0 Å². The zero-order valence-electron chi connectivity index (χ0n) is 12.1. The minimum atomic E-state index is -0.902. The zero-order chi connectivity index (χ0) is 14.5. The van der Waals surface area contributed by atoms with Crippen LogP contribution >= 0.6 is 12.0 Å². The molecule has 0 aliphatic carbocycles. The molecule has 0 saturated heterocycles. The maximum atomic E-state index is 10.0. The van der Waals surface area contributed by atoms with E-state index in [9.17, 15) is 5.11 Å². The van der Waals surface area contributed by atoms with Gasteiger partial charge in [-0.3, -0.25) is 0 Å². The first-order valence-electron chi connectivity index (χ1n) is 6.54. The van der Waals surface area contributed by atoms with Crippen molar-refractivity contribution in [1.29, 1.82) is 0 Å². The number of rotatable bonds is 7. The van der Waals surface area contributed by atoms with Gasteiger partial charge in [-0.25, -0.2) is 0 Å².